The van der Waals surface area contributed by atoms with E-state index in [1.165, 1.54) is 12.5 Å². The molecule has 0 radical (unpaired) electrons. The fourth-order valence-electron chi connectivity index (χ4n) is 4.02. The van der Waals surface area contributed by atoms with Crippen molar-refractivity contribution < 1.29 is 9.18 Å². The normalized spacial score (nSPS) is 18.7. The summed E-state index contributed by atoms with van der Waals surface area (Å²) in [7, 11) is 0. The van der Waals surface area contributed by atoms with Crippen molar-refractivity contribution in [3.8, 4) is 11.4 Å². The lowest BCUT2D eigenvalue weighted by atomic mass is 9.91. The number of rotatable bonds is 5. The van der Waals surface area contributed by atoms with Crippen molar-refractivity contribution >= 4 is 22.8 Å². The van der Waals surface area contributed by atoms with E-state index in [9.17, 15) is 9.18 Å². The minimum atomic E-state index is -0.516. The number of aromatic nitrogens is 6. The quantitative estimate of drug-likeness (QED) is 0.393. The first-order chi connectivity index (χ1) is 15.2. The molecule has 0 aliphatic heterocycles. The number of halogens is 1. The first-order valence-electron chi connectivity index (χ1n) is 10.2. The Balaban J connectivity index is 1.31. The minimum Gasteiger partial charge on any atom is -0.365 e. The Hall–Kier alpha value is -3.82. The molecule has 5 rings (SSSR count). The molecule has 0 aromatic carbocycles. The van der Waals surface area contributed by atoms with E-state index in [-0.39, 0.29) is 23.8 Å². The predicted molar refractivity (Wildman–Crippen MR) is 113 cm³/mol. The molecule has 1 amide bonds. The molecule has 0 saturated heterocycles. The number of carbonyl (C=O) groups is 1. The molecular formula is C21H21FN8O. The van der Waals surface area contributed by atoms with Crippen molar-refractivity contribution in [3.63, 3.8) is 0 Å². The van der Waals surface area contributed by atoms with E-state index in [1.807, 2.05) is 0 Å². The molecule has 4 N–H and O–H groups in total. The van der Waals surface area contributed by atoms with E-state index in [0.717, 1.165) is 24.6 Å². The van der Waals surface area contributed by atoms with Crippen LogP contribution in [0.3, 0.4) is 0 Å². The standard InChI is InChI=1S/C21H21FN8O/c22-16-10-26-19(15-9-25-18-14(15)8-23-11-27-18)30-20(16)28-12-3-1-4-13(7-12)29-21(31)17-5-2-6-24-17/h2,5-6,8-13,24H,1,3-4,7H2,(H,29,31)(H,23,25,27)(H,26,28,30)/t12-,13?/m1/s1. The van der Waals surface area contributed by atoms with Gasteiger partial charge in [0.05, 0.1) is 6.20 Å². The van der Waals surface area contributed by atoms with Crippen molar-refractivity contribution in [1.29, 1.82) is 0 Å². The third-order valence-corrected chi connectivity index (χ3v) is 5.53. The second-order valence-corrected chi connectivity index (χ2v) is 7.64. The first-order valence-corrected chi connectivity index (χ1v) is 10.2. The Kier molecular flexibility index (Phi) is 5.03. The molecule has 1 saturated carbocycles. The summed E-state index contributed by atoms with van der Waals surface area (Å²) in [5.41, 5.74) is 1.91. The largest absolute Gasteiger partial charge is 0.365 e. The van der Waals surface area contributed by atoms with Crippen LogP contribution in [0, 0.1) is 5.82 Å². The second-order valence-electron chi connectivity index (χ2n) is 7.64. The Morgan fingerprint density at radius 1 is 1.16 bits per heavy atom. The third kappa shape index (κ3) is 3.96. The monoisotopic (exact) mass is 420 g/mol. The maximum Gasteiger partial charge on any atom is 0.267 e. The van der Waals surface area contributed by atoms with Crippen molar-refractivity contribution in [2.45, 2.75) is 37.8 Å². The van der Waals surface area contributed by atoms with E-state index in [2.05, 4.69) is 40.5 Å². The summed E-state index contributed by atoms with van der Waals surface area (Å²) in [6.45, 7) is 0. The molecule has 0 spiro atoms. The Labute approximate surface area is 176 Å². The van der Waals surface area contributed by atoms with Gasteiger partial charge in [0.1, 0.15) is 17.7 Å². The van der Waals surface area contributed by atoms with Crippen LogP contribution >= 0.6 is 0 Å². The molecule has 1 unspecified atom stereocenters. The van der Waals surface area contributed by atoms with Gasteiger partial charge in [-0.15, -0.1) is 0 Å². The molecule has 1 fully saturated rings. The summed E-state index contributed by atoms with van der Waals surface area (Å²) in [6.07, 6.45) is 11.1. The van der Waals surface area contributed by atoms with Crippen molar-refractivity contribution in [2.75, 3.05) is 5.32 Å². The average molecular weight is 420 g/mol. The first kappa shape index (κ1) is 19.2. The molecule has 0 bridgehead atoms. The van der Waals surface area contributed by atoms with Crippen LogP contribution in [0.4, 0.5) is 10.2 Å². The van der Waals surface area contributed by atoms with Crippen LogP contribution in [0.5, 0.6) is 0 Å². The van der Waals surface area contributed by atoms with Gasteiger partial charge < -0.3 is 20.6 Å². The molecular weight excluding hydrogens is 399 g/mol. The summed E-state index contributed by atoms with van der Waals surface area (Å²) < 4.78 is 14.5. The number of carbonyl (C=O) groups excluding carboxylic acids is 1. The van der Waals surface area contributed by atoms with Crippen LogP contribution in [-0.2, 0) is 0 Å². The molecule has 4 aromatic heterocycles. The molecule has 1 aliphatic carbocycles. The van der Waals surface area contributed by atoms with Crippen LogP contribution in [-0.4, -0.2) is 47.9 Å². The van der Waals surface area contributed by atoms with Crippen LogP contribution in [0.15, 0.2) is 43.2 Å². The fourth-order valence-corrected chi connectivity index (χ4v) is 4.02. The molecule has 10 heteroatoms. The molecule has 4 aromatic rings. The Morgan fingerprint density at radius 3 is 2.94 bits per heavy atom. The van der Waals surface area contributed by atoms with Crippen molar-refractivity contribution in [1.82, 2.24) is 35.2 Å². The molecule has 4 heterocycles. The van der Waals surface area contributed by atoms with Crippen LogP contribution in [0.1, 0.15) is 36.2 Å². The number of hydrogen-bond donors (Lipinski definition) is 4. The van der Waals surface area contributed by atoms with Gasteiger partial charge in [-0.25, -0.2) is 24.3 Å². The van der Waals surface area contributed by atoms with Crippen molar-refractivity contribution in [2.24, 2.45) is 0 Å². The molecule has 158 valence electrons. The van der Waals surface area contributed by atoms with Gasteiger partial charge in [-0.3, -0.25) is 4.79 Å². The Morgan fingerprint density at radius 2 is 2.06 bits per heavy atom. The number of aromatic amines is 2. The van der Waals surface area contributed by atoms with Gasteiger partial charge in [0.2, 0.25) is 0 Å². The Bertz CT molecular complexity index is 1210. The minimum absolute atomic E-state index is 0.00811. The van der Waals surface area contributed by atoms with E-state index < -0.39 is 5.82 Å². The molecule has 1 aliphatic rings. The van der Waals surface area contributed by atoms with Gasteiger partial charge in [0.25, 0.3) is 5.91 Å². The SMILES string of the molecule is O=C(NC1CCC[C@@H](Nc2nc(-c3c[nH]c4ncncc34)ncc2F)C1)c1ccc[nH]1. The maximum atomic E-state index is 14.5. The van der Waals surface area contributed by atoms with E-state index in [1.54, 1.807) is 30.7 Å². The molecule has 9 nitrogen and oxygen atoms in total. The van der Waals surface area contributed by atoms with Gasteiger partial charge in [-0.2, -0.15) is 0 Å². The maximum absolute atomic E-state index is 14.5. The highest BCUT2D eigenvalue weighted by atomic mass is 19.1. The van der Waals surface area contributed by atoms with Crippen LogP contribution in [0.2, 0.25) is 0 Å². The zero-order valence-corrected chi connectivity index (χ0v) is 16.6. The lowest BCUT2D eigenvalue weighted by Crippen LogP contribution is -2.42. The topological polar surface area (TPSA) is 124 Å². The number of amides is 1. The predicted octanol–water partition coefficient (Wildman–Crippen LogP) is 3.04. The van der Waals surface area contributed by atoms with E-state index in [4.69, 9.17) is 0 Å². The second kappa shape index (κ2) is 8.13. The summed E-state index contributed by atoms with van der Waals surface area (Å²) in [6, 6.07) is 3.53. The summed E-state index contributed by atoms with van der Waals surface area (Å²) in [4.78, 5) is 35.1. The number of fused-ring (bicyclic) bond motifs is 1. The zero-order valence-electron chi connectivity index (χ0n) is 16.6. The highest BCUT2D eigenvalue weighted by Crippen LogP contribution is 2.27. The van der Waals surface area contributed by atoms with Gasteiger partial charge in [-0.1, -0.05) is 0 Å². The lowest BCUT2D eigenvalue weighted by molar-refractivity contribution is 0.0922. The van der Waals surface area contributed by atoms with E-state index >= 15 is 0 Å². The zero-order chi connectivity index (χ0) is 21.2. The number of hydrogen-bond acceptors (Lipinski definition) is 6. The summed E-state index contributed by atoms with van der Waals surface area (Å²) >= 11 is 0. The van der Waals surface area contributed by atoms with Crippen molar-refractivity contribution in [3.05, 3.63) is 54.8 Å². The molecule has 2 atom stereocenters. The van der Waals surface area contributed by atoms with Gasteiger partial charge in [0, 0.05) is 41.6 Å². The van der Waals surface area contributed by atoms with Gasteiger partial charge in [-0.05, 0) is 37.8 Å². The number of H-pyrrole nitrogens is 2. The van der Waals surface area contributed by atoms with E-state index in [0.29, 0.717) is 29.1 Å². The highest BCUT2D eigenvalue weighted by Gasteiger charge is 2.25. The number of anilines is 1. The van der Waals surface area contributed by atoms with Crippen LogP contribution in [0.25, 0.3) is 22.4 Å². The summed E-state index contributed by atoms with van der Waals surface area (Å²) in [5, 5.41) is 7.03. The average Bonchev–Trinajstić information content (AvgIpc) is 3.46. The summed E-state index contributed by atoms with van der Waals surface area (Å²) in [5.74, 6) is -0.111. The lowest BCUT2D eigenvalue weighted by Gasteiger charge is -2.30. The number of nitrogens with one attached hydrogen (secondary N) is 4. The number of nitrogens with zero attached hydrogens (tertiary/aromatic N) is 4. The van der Waals surface area contributed by atoms with Crippen LogP contribution < -0.4 is 10.6 Å². The third-order valence-electron chi connectivity index (χ3n) is 5.53. The molecule has 31 heavy (non-hydrogen) atoms. The van der Waals surface area contributed by atoms with Gasteiger partial charge >= 0.3 is 0 Å². The highest BCUT2D eigenvalue weighted by molar-refractivity contribution is 5.92. The van der Waals surface area contributed by atoms with Gasteiger partial charge in [0.15, 0.2) is 17.5 Å². The smallest absolute Gasteiger partial charge is 0.267 e. The fraction of sp³-hybridized carbons (Fsp3) is 0.286.